The van der Waals surface area contributed by atoms with E-state index < -0.39 is 0 Å². The molecule has 1 aromatic heterocycles. The fourth-order valence-corrected chi connectivity index (χ4v) is 4.25. The molecule has 0 bridgehead atoms. The number of halogens is 2. The summed E-state index contributed by atoms with van der Waals surface area (Å²) in [5, 5.41) is 7.54. The maximum atomic E-state index is 13.9. The summed E-state index contributed by atoms with van der Waals surface area (Å²) >= 11 is 0. The molecule has 1 atom stereocenters. The van der Waals surface area contributed by atoms with Crippen LogP contribution in [0.25, 0.3) is 0 Å². The molecule has 0 saturated carbocycles. The molecule has 1 aromatic carbocycles. The van der Waals surface area contributed by atoms with Gasteiger partial charge in [-0.2, -0.15) is 0 Å². The van der Waals surface area contributed by atoms with E-state index in [1.54, 1.807) is 18.4 Å². The number of benzene rings is 1. The van der Waals surface area contributed by atoms with Crippen molar-refractivity contribution in [2.45, 2.75) is 12.6 Å². The number of hydrogen-bond donors (Lipinski definition) is 1. The number of guanidine groups is 1. The van der Waals surface area contributed by atoms with Crippen LogP contribution in [0.3, 0.4) is 0 Å². The molecule has 32 heavy (non-hydrogen) atoms. The lowest BCUT2D eigenvalue weighted by Gasteiger charge is -2.38. The topological polar surface area (TPSA) is 69.4 Å². The summed E-state index contributed by atoms with van der Waals surface area (Å²) < 4.78 is 24.4. The van der Waals surface area contributed by atoms with Crippen LogP contribution in [0.1, 0.15) is 17.3 Å². The summed E-state index contributed by atoms with van der Waals surface area (Å²) in [6.45, 7) is 8.19. The molecule has 4 rings (SSSR count). The molecule has 1 unspecified atom stereocenters. The molecular formula is C22H32FIN6O2. The second kappa shape index (κ2) is 12.5. The highest BCUT2D eigenvalue weighted by molar-refractivity contribution is 14.0. The SMILES string of the molecule is CN=C(NCC(c1cccc(F)c1)N1CCOCC1)N1CCN(Cc2ccon2)CC1.I. The molecule has 3 heterocycles. The van der Waals surface area contributed by atoms with Gasteiger partial charge >= 0.3 is 0 Å². The van der Waals surface area contributed by atoms with Gasteiger partial charge < -0.3 is 19.5 Å². The molecule has 2 saturated heterocycles. The summed E-state index contributed by atoms with van der Waals surface area (Å²) in [5.74, 6) is 0.680. The molecule has 0 spiro atoms. The Labute approximate surface area is 205 Å². The summed E-state index contributed by atoms with van der Waals surface area (Å²) in [5.41, 5.74) is 1.93. The van der Waals surface area contributed by atoms with Gasteiger partial charge in [-0.1, -0.05) is 17.3 Å². The van der Waals surface area contributed by atoms with Gasteiger partial charge in [0.2, 0.25) is 0 Å². The van der Waals surface area contributed by atoms with Crippen molar-refractivity contribution in [2.75, 3.05) is 66.1 Å². The van der Waals surface area contributed by atoms with E-state index in [1.807, 2.05) is 19.2 Å². The number of ether oxygens (including phenoxy) is 1. The van der Waals surface area contributed by atoms with E-state index in [0.717, 1.165) is 63.0 Å². The van der Waals surface area contributed by atoms with Crippen LogP contribution in [0.4, 0.5) is 4.39 Å². The zero-order valence-corrected chi connectivity index (χ0v) is 20.8. The lowest BCUT2D eigenvalue weighted by molar-refractivity contribution is 0.0168. The van der Waals surface area contributed by atoms with Crippen LogP contribution in [-0.2, 0) is 11.3 Å². The summed E-state index contributed by atoms with van der Waals surface area (Å²) in [7, 11) is 1.82. The van der Waals surface area contributed by atoms with Gasteiger partial charge in [0.1, 0.15) is 12.1 Å². The van der Waals surface area contributed by atoms with Crippen molar-refractivity contribution < 1.29 is 13.7 Å². The highest BCUT2D eigenvalue weighted by Crippen LogP contribution is 2.22. The first-order valence-corrected chi connectivity index (χ1v) is 10.9. The number of nitrogens with one attached hydrogen (secondary N) is 1. The number of aromatic nitrogens is 1. The molecule has 0 amide bonds. The largest absolute Gasteiger partial charge is 0.379 e. The minimum atomic E-state index is -0.205. The minimum Gasteiger partial charge on any atom is -0.379 e. The van der Waals surface area contributed by atoms with Crippen molar-refractivity contribution >= 4 is 29.9 Å². The van der Waals surface area contributed by atoms with Gasteiger partial charge in [-0.25, -0.2) is 4.39 Å². The predicted molar refractivity (Wildman–Crippen MR) is 132 cm³/mol. The smallest absolute Gasteiger partial charge is 0.193 e. The predicted octanol–water partition coefficient (Wildman–Crippen LogP) is 2.20. The van der Waals surface area contributed by atoms with Gasteiger partial charge in [-0.15, -0.1) is 24.0 Å². The minimum absolute atomic E-state index is 0. The Bertz CT molecular complexity index is 839. The van der Waals surface area contributed by atoms with Crippen LogP contribution in [-0.4, -0.2) is 91.9 Å². The second-order valence-electron chi connectivity index (χ2n) is 7.90. The number of rotatable bonds is 6. The first-order chi connectivity index (χ1) is 15.2. The van der Waals surface area contributed by atoms with Crippen molar-refractivity contribution in [3.05, 3.63) is 53.7 Å². The molecule has 2 fully saturated rings. The molecule has 1 N–H and O–H groups in total. The van der Waals surface area contributed by atoms with Crippen molar-refractivity contribution in [2.24, 2.45) is 4.99 Å². The van der Waals surface area contributed by atoms with Crippen LogP contribution in [0.2, 0.25) is 0 Å². The highest BCUT2D eigenvalue weighted by Gasteiger charge is 2.25. The molecule has 2 aliphatic heterocycles. The fraction of sp³-hybridized carbons (Fsp3) is 0.545. The maximum Gasteiger partial charge on any atom is 0.193 e. The van der Waals surface area contributed by atoms with Gasteiger partial charge in [0.15, 0.2) is 5.96 Å². The first-order valence-electron chi connectivity index (χ1n) is 10.9. The van der Waals surface area contributed by atoms with E-state index >= 15 is 0 Å². The molecule has 8 nitrogen and oxygen atoms in total. The van der Waals surface area contributed by atoms with Gasteiger partial charge in [0.05, 0.1) is 24.9 Å². The number of piperazine rings is 1. The molecule has 0 aliphatic carbocycles. The van der Waals surface area contributed by atoms with E-state index in [9.17, 15) is 4.39 Å². The Morgan fingerprint density at radius 1 is 1.16 bits per heavy atom. The average Bonchev–Trinajstić information content (AvgIpc) is 3.31. The van der Waals surface area contributed by atoms with E-state index in [-0.39, 0.29) is 35.8 Å². The average molecular weight is 558 g/mol. The highest BCUT2D eigenvalue weighted by atomic mass is 127. The van der Waals surface area contributed by atoms with E-state index in [2.05, 4.69) is 30.2 Å². The van der Waals surface area contributed by atoms with E-state index in [4.69, 9.17) is 9.26 Å². The van der Waals surface area contributed by atoms with Gasteiger partial charge in [0.25, 0.3) is 0 Å². The zero-order chi connectivity index (χ0) is 21.5. The number of nitrogens with zero attached hydrogens (tertiary/aromatic N) is 5. The quantitative estimate of drug-likeness (QED) is 0.331. The second-order valence-corrected chi connectivity index (χ2v) is 7.90. The lowest BCUT2D eigenvalue weighted by atomic mass is 10.0. The number of aliphatic imine (C=N–C) groups is 1. The molecule has 2 aromatic rings. The molecule has 2 aliphatic rings. The number of hydrogen-bond acceptors (Lipinski definition) is 6. The molecule has 176 valence electrons. The third kappa shape index (κ3) is 6.63. The normalized spacial score (nSPS) is 19.4. The Morgan fingerprint density at radius 3 is 2.59 bits per heavy atom. The van der Waals surface area contributed by atoms with Crippen LogP contribution in [0.5, 0.6) is 0 Å². The van der Waals surface area contributed by atoms with Gasteiger partial charge in [-0.05, 0) is 17.7 Å². The first kappa shape index (κ1) is 24.9. The standard InChI is InChI=1S/C22H31FN6O2.HI/c1-24-22(29-8-6-27(7-9-29)17-20-5-12-31-26-20)25-16-21(28-10-13-30-14-11-28)18-3-2-4-19(23)15-18;/h2-5,12,15,21H,6-11,13-14,16-17H2,1H3,(H,24,25);1H. The maximum absolute atomic E-state index is 13.9. The lowest BCUT2D eigenvalue weighted by Crippen LogP contribution is -2.53. The summed E-state index contributed by atoms with van der Waals surface area (Å²) in [6, 6.07) is 8.87. The van der Waals surface area contributed by atoms with Crippen molar-refractivity contribution in [3.8, 4) is 0 Å². The summed E-state index contributed by atoms with van der Waals surface area (Å²) in [4.78, 5) is 11.5. The third-order valence-corrected chi connectivity index (χ3v) is 5.93. The molecule has 0 radical (unpaired) electrons. The monoisotopic (exact) mass is 558 g/mol. The molecular weight excluding hydrogens is 526 g/mol. The molecule has 10 heteroatoms. The van der Waals surface area contributed by atoms with Crippen molar-refractivity contribution in [1.29, 1.82) is 0 Å². The fourth-order valence-electron chi connectivity index (χ4n) is 4.25. The van der Waals surface area contributed by atoms with Gasteiger partial charge in [-0.3, -0.25) is 14.8 Å². The summed E-state index contributed by atoms with van der Waals surface area (Å²) in [6.07, 6.45) is 1.61. The Morgan fingerprint density at radius 2 is 1.94 bits per heavy atom. The Hall–Kier alpha value is -1.76. The van der Waals surface area contributed by atoms with Gasteiger partial charge in [0, 0.05) is 65.5 Å². The zero-order valence-electron chi connectivity index (χ0n) is 18.5. The van der Waals surface area contributed by atoms with Crippen molar-refractivity contribution in [3.63, 3.8) is 0 Å². The van der Waals surface area contributed by atoms with Crippen molar-refractivity contribution in [1.82, 2.24) is 25.2 Å². The third-order valence-electron chi connectivity index (χ3n) is 5.93. The van der Waals surface area contributed by atoms with E-state index in [0.29, 0.717) is 19.8 Å². The van der Waals surface area contributed by atoms with Crippen LogP contribution in [0.15, 0.2) is 46.1 Å². The Balaban J connectivity index is 0.00000289. The van der Waals surface area contributed by atoms with E-state index in [1.165, 1.54) is 6.07 Å². The van der Waals surface area contributed by atoms with Crippen LogP contribution in [0, 0.1) is 5.82 Å². The Kier molecular flexibility index (Phi) is 9.69. The number of morpholine rings is 1. The van der Waals surface area contributed by atoms with Crippen LogP contribution < -0.4 is 5.32 Å². The van der Waals surface area contributed by atoms with Crippen LogP contribution >= 0.6 is 24.0 Å².